The van der Waals surface area contributed by atoms with E-state index in [1.807, 2.05) is 0 Å². The standard InChI is InChI=1S/C29H55O13P/c1-3-5-6-7-8-9-10-11-12-13-14-15-16-17-18-23(31)41-21(19-39-22(30)4-2)20-40-43(37,38)42-29-27(35)25(33)24(32)26(34)28(29)36/h21,24-29,32-36H,3-20H2,1-2H3,(H,37,38). The Labute approximate surface area is 255 Å². The highest BCUT2D eigenvalue weighted by atomic mass is 31.2. The van der Waals surface area contributed by atoms with Gasteiger partial charge in [0.15, 0.2) is 6.10 Å². The van der Waals surface area contributed by atoms with Crippen LogP contribution < -0.4 is 0 Å². The van der Waals surface area contributed by atoms with E-state index in [1.54, 1.807) is 6.92 Å². The molecule has 13 nitrogen and oxygen atoms in total. The summed E-state index contributed by atoms with van der Waals surface area (Å²) < 4.78 is 32.4. The van der Waals surface area contributed by atoms with Crippen LogP contribution in [0.1, 0.15) is 117 Å². The number of hydrogen-bond acceptors (Lipinski definition) is 12. The molecule has 0 heterocycles. The summed E-state index contributed by atoms with van der Waals surface area (Å²) in [7, 11) is -5.07. The topological polar surface area (TPSA) is 210 Å². The van der Waals surface area contributed by atoms with E-state index in [-0.39, 0.29) is 12.8 Å². The van der Waals surface area contributed by atoms with E-state index in [0.717, 1.165) is 19.3 Å². The lowest BCUT2D eigenvalue weighted by Gasteiger charge is -2.41. The largest absolute Gasteiger partial charge is 0.472 e. The summed E-state index contributed by atoms with van der Waals surface area (Å²) in [6, 6.07) is 0. The van der Waals surface area contributed by atoms with E-state index in [1.165, 1.54) is 64.2 Å². The maximum absolute atomic E-state index is 12.5. The first-order chi connectivity index (χ1) is 20.4. The summed E-state index contributed by atoms with van der Waals surface area (Å²) >= 11 is 0. The third-order valence-electron chi connectivity index (χ3n) is 7.50. The van der Waals surface area contributed by atoms with E-state index in [0.29, 0.717) is 6.42 Å². The van der Waals surface area contributed by atoms with Gasteiger partial charge in [-0.2, -0.15) is 0 Å². The maximum Gasteiger partial charge on any atom is 0.472 e. The SMILES string of the molecule is CCCCCCCCCCCCCCCCC(=O)OC(COC(=O)CC)COP(=O)(O)OC1C(O)C(O)C(O)C(O)C1O. The second-order valence-electron chi connectivity index (χ2n) is 11.3. The van der Waals surface area contributed by atoms with Crippen molar-refractivity contribution in [2.75, 3.05) is 13.2 Å². The summed E-state index contributed by atoms with van der Waals surface area (Å²) in [4.78, 5) is 34.1. The number of carbonyl (C=O) groups is 2. The van der Waals surface area contributed by atoms with Crippen LogP contribution in [0.3, 0.4) is 0 Å². The fraction of sp³-hybridized carbons (Fsp3) is 0.931. The summed E-state index contributed by atoms with van der Waals surface area (Å²) in [5, 5.41) is 49.3. The average Bonchev–Trinajstić information content (AvgIpc) is 2.98. The molecule has 0 aromatic heterocycles. The number of esters is 2. The molecule has 1 aliphatic rings. The number of rotatable bonds is 24. The minimum atomic E-state index is -5.07. The van der Waals surface area contributed by atoms with Crippen LogP contribution in [0.2, 0.25) is 0 Å². The van der Waals surface area contributed by atoms with Gasteiger partial charge in [-0.1, -0.05) is 97.3 Å². The third kappa shape index (κ3) is 16.7. The smallest absolute Gasteiger partial charge is 0.462 e. The highest BCUT2D eigenvalue weighted by Crippen LogP contribution is 2.47. The molecular weight excluding hydrogens is 587 g/mol. The molecule has 254 valence electrons. The predicted octanol–water partition coefficient (Wildman–Crippen LogP) is 3.04. The zero-order chi connectivity index (χ0) is 32.3. The second kappa shape index (κ2) is 22.4. The first-order valence-corrected chi connectivity index (χ1v) is 17.3. The first kappa shape index (κ1) is 39.9. The minimum Gasteiger partial charge on any atom is -0.462 e. The number of phosphoric ester groups is 1. The van der Waals surface area contributed by atoms with Crippen molar-refractivity contribution >= 4 is 19.8 Å². The fourth-order valence-electron chi connectivity index (χ4n) is 4.80. The Balaban J connectivity index is 2.39. The van der Waals surface area contributed by atoms with E-state index >= 15 is 0 Å². The van der Waals surface area contributed by atoms with Crippen molar-refractivity contribution in [1.29, 1.82) is 0 Å². The molecule has 6 unspecified atom stereocenters. The molecule has 0 saturated heterocycles. The van der Waals surface area contributed by atoms with E-state index < -0.39 is 75.7 Å². The molecule has 0 amide bonds. The molecule has 14 heteroatoms. The van der Waals surface area contributed by atoms with E-state index in [2.05, 4.69) is 6.92 Å². The van der Waals surface area contributed by atoms with Crippen molar-refractivity contribution in [1.82, 2.24) is 0 Å². The molecule has 0 aromatic rings. The average molecular weight is 643 g/mol. The van der Waals surface area contributed by atoms with Crippen molar-refractivity contribution in [3.8, 4) is 0 Å². The van der Waals surface area contributed by atoms with Crippen LogP contribution in [-0.4, -0.2) is 98.3 Å². The Bertz CT molecular complexity index is 797. The van der Waals surface area contributed by atoms with Gasteiger partial charge in [-0.05, 0) is 6.42 Å². The summed E-state index contributed by atoms with van der Waals surface area (Å²) in [6.45, 7) is 2.60. The molecule has 6 atom stereocenters. The fourth-order valence-corrected chi connectivity index (χ4v) is 5.77. The molecule has 0 bridgehead atoms. The monoisotopic (exact) mass is 642 g/mol. The molecule has 1 aliphatic carbocycles. The Morgan fingerprint density at radius 3 is 1.56 bits per heavy atom. The van der Waals surface area contributed by atoms with Crippen LogP contribution in [0.25, 0.3) is 0 Å². The number of ether oxygens (including phenoxy) is 2. The Hall–Kier alpha value is -1.15. The van der Waals surface area contributed by atoms with Gasteiger partial charge in [-0.3, -0.25) is 18.6 Å². The van der Waals surface area contributed by atoms with Crippen LogP contribution in [0.15, 0.2) is 0 Å². The number of aliphatic hydroxyl groups excluding tert-OH is 5. The summed E-state index contributed by atoms with van der Waals surface area (Å²) in [5.41, 5.74) is 0. The second-order valence-corrected chi connectivity index (χ2v) is 12.7. The normalized spacial score (nSPS) is 26.0. The maximum atomic E-state index is 12.5. The van der Waals surface area contributed by atoms with Crippen LogP contribution in [-0.2, 0) is 32.7 Å². The van der Waals surface area contributed by atoms with Crippen molar-refractivity contribution < 1.29 is 63.1 Å². The zero-order valence-electron chi connectivity index (χ0n) is 25.8. The quantitative estimate of drug-likeness (QED) is 0.0509. The van der Waals surface area contributed by atoms with Gasteiger partial charge in [0, 0.05) is 12.8 Å². The van der Waals surface area contributed by atoms with Crippen LogP contribution in [0, 0.1) is 0 Å². The lowest BCUT2D eigenvalue weighted by atomic mass is 9.85. The summed E-state index contributed by atoms with van der Waals surface area (Å²) in [5.74, 6) is -1.20. The van der Waals surface area contributed by atoms with Crippen molar-refractivity contribution in [2.45, 2.75) is 159 Å². The first-order valence-electron chi connectivity index (χ1n) is 15.8. The van der Waals surface area contributed by atoms with E-state index in [4.69, 9.17) is 18.5 Å². The highest BCUT2D eigenvalue weighted by Gasteiger charge is 2.51. The van der Waals surface area contributed by atoms with Gasteiger partial charge < -0.3 is 39.9 Å². The van der Waals surface area contributed by atoms with Crippen LogP contribution in [0.4, 0.5) is 0 Å². The van der Waals surface area contributed by atoms with Gasteiger partial charge in [0.1, 0.15) is 43.2 Å². The third-order valence-corrected chi connectivity index (χ3v) is 8.49. The zero-order valence-corrected chi connectivity index (χ0v) is 26.7. The van der Waals surface area contributed by atoms with Crippen molar-refractivity contribution in [3.63, 3.8) is 0 Å². The lowest BCUT2D eigenvalue weighted by molar-refractivity contribution is -0.220. The van der Waals surface area contributed by atoms with Gasteiger partial charge in [-0.25, -0.2) is 4.57 Å². The van der Waals surface area contributed by atoms with Gasteiger partial charge in [0.05, 0.1) is 6.61 Å². The van der Waals surface area contributed by atoms with E-state index in [9.17, 15) is 44.6 Å². The number of aliphatic hydroxyl groups is 5. The molecule has 0 spiro atoms. The number of carbonyl (C=O) groups excluding carboxylic acids is 2. The molecule has 1 saturated carbocycles. The summed E-state index contributed by atoms with van der Waals surface area (Å²) in [6.07, 6.45) is 3.38. The van der Waals surface area contributed by atoms with Gasteiger partial charge in [-0.15, -0.1) is 0 Å². The number of unbranched alkanes of at least 4 members (excludes halogenated alkanes) is 13. The Morgan fingerprint density at radius 2 is 1.09 bits per heavy atom. The molecule has 43 heavy (non-hydrogen) atoms. The van der Waals surface area contributed by atoms with Gasteiger partial charge in [0.2, 0.25) is 0 Å². The van der Waals surface area contributed by atoms with Crippen LogP contribution in [0.5, 0.6) is 0 Å². The predicted molar refractivity (Wildman–Crippen MR) is 157 cm³/mol. The Morgan fingerprint density at radius 1 is 0.651 bits per heavy atom. The van der Waals surface area contributed by atoms with Gasteiger partial charge in [0.25, 0.3) is 0 Å². The highest BCUT2D eigenvalue weighted by molar-refractivity contribution is 7.47. The minimum absolute atomic E-state index is 0.0517. The molecule has 6 N–H and O–H groups in total. The molecule has 0 radical (unpaired) electrons. The Kier molecular flexibility index (Phi) is 20.7. The molecule has 1 rings (SSSR count). The van der Waals surface area contributed by atoms with Crippen molar-refractivity contribution in [3.05, 3.63) is 0 Å². The number of hydrogen-bond donors (Lipinski definition) is 6. The lowest BCUT2D eigenvalue weighted by Crippen LogP contribution is -2.64. The number of phosphoric acid groups is 1. The molecule has 0 aromatic carbocycles. The van der Waals surface area contributed by atoms with Crippen molar-refractivity contribution in [2.24, 2.45) is 0 Å². The molecule has 1 fully saturated rings. The molecule has 0 aliphatic heterocycles. The van der Waals surface area contributed by atoms with Crippen LogP contribution >= 0.6 is 7.82 Å². The molecular formula is C29H55O13P. The van der Waals surface area contributed by atoms with Gasteiger partial charge >= 0.3 is 19.8 Å².